The Morgan fingerprint density at radius 2 is 0.877 bits per heavy atom. The topological polar surface area (TPSA) is 17.8 Å². The van der Waals surface area contributed by atoms with Crippen LogP contribution in [-0.4, -0.2) is 9.55 Å². The molecule has 0 bridgehead atoms. The first-order valence-corrected chi connectivity index (χ1v) is 22.6. The second-order valence-corrected chi connectivity index (χ2v) is 17.9. The van der Waals surface area contributed by atoms with Crippen molar-refractivity contribution in [3.8, 4) is 50.5 Å². The molecule has 0 saturated heterocycles. The molecule has 2 aromatic heterocycles. The van der Waals surface area contributed by atoms with E-state index in [0.717, 1.165) is 39.3 Å². The first-order valence-electron chi connectivity index (χ1n) is 22.6. The van der Waals surface area contributed by atoms with E-state index in [0.29, 0.717) is 0 Å². The van der Waals surface area contributed by atoms with Gasteiger partial charge in [0.1, 0.15) is 0 Å². The Labute approximate surface area is 380 Å². The summed E-state index contributed by atoms with van der Waals surface area (Å²) >= 11 is 0. The van der Waals surface area contributed by atoms with Crippen LogP contribution in [0.4, 0.5) is 0 Å². The Hall–Kier alpha value is -8.07. The van der Waals surface area contributed by atoms with Crippen LogP contribution in [0, 0.1) is 0 Å². The molecule has 308 valence electrons. The molecule has 0 fully saturated rings. The number of hydrogen-bond acceptors (Lipinski definition) is 1. The Morgan fingerprint density at radius 3 is 1.54 bits per heavy atom. The van der Waals surface area contributed by atoms with Gasteiger partial charge in [-0.2, -0.15) is 0 Å². The summed E-state index contributed by atoms with van der Waals surface area (Å²) in [6, 6.07) is 88.6. The lowest BCUT2D eigenvalue weighted by atomic mass is 9.65. The molecule has 2 nitrogen and oxygen atoms in total. The molecule has 9 aromatic carbocycles. The van der Waals surface area contributed by atoms with Gasteiger partial charge in [-0.05, 0) is 104 Å². The van der Waals surface area contributed by atoms with E-state index in [1.54, 1.807) is 0 Å². The molecule has 2 heteroatoms. The highest BCUT2D eigenvalue weighted by molar-refractivity contribution is 6.11. The second-order valence-electron chi connectivity index (χ2n) is 17.9. The van der Waals surface area contributed by atoms with E-state index in [1.165, 1.54) is 66.3 Å². The van der Waals surface area contributed by atoms with E-state index in [9.17, 15) is 0 Å². The fourth-order valence-corrected chi connectivity index (χ4v) is 10.8. The number of pyridine rings is 1. The van der Waals surface area contributed by atoms with E-state index < -0.39 is 5.41 Å². The summed E-state index contributed by atoms with van der Waals surface area (Å²) in [4.78, 5) is 5.57. The van der Waals surface area contributed by atoms with Crippen molar-refractivity contribution >= 4 is 21.8 Å². The van der Waals surface area contributed by atoms with E-state index in [4.69, 9.17) is 4.98 Å². The van der Waals surface area contributed by atoms with Gasteiger partial charge in [0, 0.05) is 33.0 Å². The predicted octanol–water partition coefficient (Wildman–Crippen LogP) is 15.9. The molecule has 0 radical (unpaired) electrons. The molecule has 0 amide bonds. The zero-order valence-electron chi connectivity index (χ0n) is 36.5. The van der Waals surface area contributed by atoms with Gasteiger partial charge in [-0.15, -0.1) is 0 Å². The van der Waals surface area contributed by atoms with Gasteiger partial charge >= 0.3 is 0 Å². The van der Waals surface area contributed by atoms with Crippen molar-refractivity contribution < 1.29 is 0 Å². The lowest BCUT2D eigenvalue weighted by Gasteiger charge is -2.37. The number of benzene rings is 9. The van der Waals surface area contributed by atoms with Crippen molar-refractivity contribution in [2.45, 2.75) is 24.7 Å². The zero-order chi connectivity index (χ0) is 43.5. The van der Waals surface area contributed by atoms with Crippen molar-refractivity contribution in [1.29, 1.82) is 0 Å². The largest absolute Gasteiger partial charge is 0.309 e. The summed E-state index contributed by atoms with van der Waals surface area (Å²) in [5.74, 6) is 0. The smallest absolute Gasteiger partial charge is 0.0716 e. The highest BCUT2D eigenvalue weighted by Crippen LogP contribution is 2.51. The van der Waals surface area contributed by atoms with Gasteiger partial charge < -0.3 is 4.57 Å². The molecule has 2 heterocycles. The van der Waals surface area contributed by atoms with E-state index in [-0.39, 0.29) is 5.41 Å². The summed E-state index contributed by atoms with van der Waals surface area (Å²) in [5, 5.41) is 2.52. The lowest BCUT2D eigenvalue weighted by molar-refractivity contribution is 0.661. The van der Waals surface area contributed by atoms with Crippen LogP contribution >= 0.6 is 0 Å². The van der Waals surface area contributed by atoms with Gasteiger partial charge in [0.05, 0.1) is 27.8 Å². The van der Waals surface area contributed by atoms with Crippen molar-refractivity contribution in [2.24, 2.45) is 0 Å². The Morgan fingerprint density at radius 1 is 0.354 bits per heavy atom. The molecular formula is C63H46N2. The fraction of sp³-hybridized carbons (Fsp3) is 0.0635. The first kappa shape index (κ1) is 38.6. The molecule has 0 atom stereocenters. The summed E-state index contributed by atoms with van der Waals surface area (Å²) in [6.07, 6.45) is 0. The summed E-state index contributed by atoms with van der Waals surface area (Å²) in [7, 11) is 0. The molecule has 0 unspecified atom stereocenters. The van der Waals surface area contributed by atoms with Crippen molar-refractivity contribution in [2.75, 3.05) is 0 Å². The van der Waals surface area contributed by atoms with Crippen LogP contribution in [0.1, 0.15) is 47.2 Å². The van der Waals surface area contributed by atoms with Crippen LogP contribution in [0.3, 0.4) is 0 Å². The summed E-state index contributed by atoms with van der Waals surface area (Å²) in [6.45, 7) is 4.72. The summed E-state index contributed by atoms with van der Waals surface area (Å²) in [5.41, 5.74) is 19.3. The number of hydrogen-bond donors (Lipinski definition) is 0. The maximum atomic E-state index is 5.57. The monoisotopic (exact) mass is 830 g/mol. The first-order chi connectivity index (χ1) is 32.0. The quantitative estimate of drug-likeness (QED) is 0.140. The predicted molar refractivity (Wildman–Crippen MR) is 271 cm³/mol. The van der Waals surface area contributed by atoms with Gasteiger partial charge in [-0.1, -0.05) is 208 Å². The maximum Gasteiger partial charge on any atom is 0.0716 e. The molecule has 0 spiro atoms. The second kappa shape index (κ2) is 15.3. The van der Waals surface area contributed by atoms with E-state index >= 15 is 0 Å². The van der Waals surface area contributed by atoms with Crippen molar-refractivity contribution in [3.63, 3.8) is 0 Å². The highest BCUT2D eigenvalue weighted by atomic mass is 15.0. The normalized spacial score (nSPS) is 12.9. The van der Waals surface area contributed by atoms with Crippen LogP contribution < -0.4 is 0 Å². The molecule has 0 N–H and O–H groups in total. The highest BCUT2D eigenvalue weighted by Gasteiger charge is 2.39. The van der Waals surface area contributed by atoms with Crippen molar-refractivity contribution in [3.05, 3.63) is 276 Å². The van der Waals surface area contributed by atoms with Crippen LogP contribution in [0.15, 0.2) is 243 Å². The maximum absolute atomic E-state index is 5.57. The third-order valence-electron chi connectivity index (χ3n) is 13.9. The number of aromatic nitrogens is 2. The van der Waals surface area contributed by atoms with E-state index in [1.807, 2.05) is 0 Å². The minimum absolute atomic E-state index is 0.109. The Kier molecular flexibility index (Phi) is 9.10. The lowest BCUT2D eigenvalue weighted by Crippen LogP contribution is -2.31. The van der Waals surface area contributed by atoms with Crippen LogP contribution in [0.25, 0.3) is 72.3 Å². The molecule has 11 aromatic rings. The van der Waals surface area contributed by atoms with Gasteiger partial charge in [-0.25, -0.2) is 4.98 Å². The number of rotatable bonds is 8. The van der Waals surface area contributed by atoms with Gasteiger partial charge in [0.15, 0.2) is 0 Å². The molecular weight excluding hydrogens is 785 g/mol. The molecule has 1 aliphatic carbocycles. The summed E-state index contributed by atoms with van der Waals surface area (Å²) < 4.78 is 2.45. The SMILES string of the molecule is CC1(C)c2ccccc2-c2cc3c4ccccc4n(-c4cccc(-c5cc(-c6ccccc6)cc(-c6cccc(C(c7ccccc7)(c7ccccc7)c7ccccc7)c6)n5)c4)c3cc21. The fourth-order valence-electron chi connectivity index (χ4n) is 10.8. The molecule has 1 aliphatic rings. The minimum atomic E-state index is -0.575. The van der Waals surface area contributed by atoms with Crippen LogP contribution in [0.2, 0.25) is 0 Å². The zero-order valence-corrected chi connectivity index (χ0v) is 36.5. The van der Waals surface area contributed by atoms with Crippen LogP contribution in [0.5, 0.6) is 0 Å². The van der Waals surface area contributed by atoms with E-state index in [2.05, 4.69) is 261 Å². The molecule has 65 heavy (non-hydrogen) atoms. The van der Waals surface area contributed by atoms with Gasteiger partial charge in [0.25, 0.3) is 0 Å². The van der Waals surface area contributed by atoms with Crippen molar-refractivity contribution in [1.82, 2.24) is 9.55 Å². The minimum Gasteiger partial charge on any atom is -0.309 e. The third kappa shape index (κ3) is 6.20. The average Bonchev–Trinajstić information content (AvgIpc) is 3.82. The van der Waals surface area contributed by atoms with Crippen LogP contribution in [-0.2, 0) is 10.8 Å². The molecule has 0 saturated carbocycles. The number of fused-ring (bicyclic) bond motifs is 6. The van der Waals surface area contributed by atoms with Gasteiger partial charge in [0.2, 0.25) is 0 Å². The molecule has 0 aliphatic heterocycles. The number of nitrogens with zero attached hydrogens (tertiary/aromatic N) is 2. The Balaban J connectivity index is 1.04. The molecule has 12 rings (SSSR count). The van der Waals surface area contributed by atoms with Gasteiger partial charge in [-0.3, -0.25) is 0 Å². The average molecular weight is 831 g/mol. The standard InChI is InChI=1S/C63H46N2/c1-62(2)56-35-17-15-33-52(56)54-41-55-53-34-16-18-36-60(53)65(61(55)42-57(54)62)51-32-20-24-45(38-51)59-40-46(43-21-7-3-8-22-43)39-58(64-59)44-23-19-31-50(37-44)63(47-25-9-4-10-26-47,48-27-11-5-12-28-48)49-29-13-6-14-30-49/h3-42H,1-2H3. The Bertz CT molecular complexity index is 3450. The third-order valence-corrected chi connectivity index (χ3v) is 13.9. The number of para-hydroxylation sites is 1.